The van der Waals surface area contributed by atoms with E-state index in [1.165, 1.54) is 0 Å². The molecule has 1 aliphatic carbocycles. The van der Waals surface area contributed by atoms with Crippen molar-refractivity contribution in [2.24, 2.45) is 11.8 Å². The van der Waals surface area contributed by atoms with Crippen molar-refractivity contribution in [3.8, 4) is 0 Å². The van der Waals surface area contributed by atoms with Gasteiger partial charge in [-0.1, -0.05) is 20.3 Å². The zero-order valence-corrected chi connectivity index (χ0v) is 12.1. The molecule has 0 aromatic carbocycles. The number of carboxylic acid groups (broad SMARTS) is 1. The van der Waals surface area contributed by atoms with Crippen LogP contribution in [0.4, 0.5) is 0 Å². The highest BCUT2D eigenvalue weighted by molar-refractivity contribution is 5.70. The van der Waals surface area contributed by atoms with E-state index in [9.17, 15) is 4.79 Å². The van der Waals surface area contributed by atoms with E-state index in [0.717, 1.165) is 32.2 Å². The summed E-state index contributed by atoms with van der Waals surface area (Å²) >= 11 is 0. The van der Waals surface area contributed by atoms with Gasteiger partial charge in [0.2, 0.25) is 0 Å². The molecule has 1 saturated carbocycles. The van der Waals surface area contributed by atoms with E-state index in [1.54, 1.807) is 0 Å². The normalized spacial score (nSPS) is 26.6. The lowest BCUT2D eigenvalue weighted by molar-refractivity contribution is -0.143. The Morgan fingerprint density at radius 2 is 2.06 bits per heavy atom. The molecule has 0 aromatic heterocycles. The molecule has 1 aliphatic rings. The fourth-order valence-electron chi connectivity index (χ4n) is 2.72. The molecule has 3 atom stereocenters. The third kappa shape index (κ3) is 4.94. The van der Waals surface area contributed by atoms with Gasteiger partial charge in [-0.05, 0) is 39.3 Å². The summed E-state index contributed by atoms with van der Waals surface area (Å²) in [7, 11) is 4.16. The first kappa shape index (κ1) is 15.4. The van der Waals surface area contributed by atoms with Gasteiger partial charge in [0.1, 0.15) is 0 Å². The van der Waals surface area contributed by atoms with Crippen molar-refractivity contribution in [2.45, 2.75) is 51.6 Å². The molecule has 4 heteroatoms. The summed E-state index contributed by atoms with van der Waals surface area (Å²) in [5.41, 5.74) is 0. The Bertz CT molecular complexity index is 267. The second kappa shape index (κ2) is 7.10. The van der Waals surface area contributed by atoms with Crippen molar-refractivity contribution in [3.63, 3.8) is 0 Å². The van der Waals surface area contributed by atoms with Crippen LogP contribution in [0.15, 0.2) is 0 Å². The second-order valence-corrected chi connectivity index (χ2v) is 6.18. The van der Waals surface area contributed by atoms with Crippen molar-refractivity contribution >= 4 is 5.97 Å². The van der Waals surface area contributed by atoms with E-state index < -0.39 is 5.97 Å². The van der Waals surface area contributed by atoms with Crippen LogP contribution >= 0.6 is 0 Å². The second-order valence-electron chi connectivity index (χ2n) is 6.18. The first-order valence-electron chi connectivity index (χ1n) is 7.03. The van der Waals surface area contributed by atoms with Crippen LogP contribution in [0.1, 0.15) is 39.5 Å². The van der Waals surface area contributed by atoms with Crippen molar-refractivity contribution in [1.29, 1.82) is 0 Å². The lowest BCUT2D eigenvalue weighted by Gasteiger charge is -2.34. The Hall–Kier alpha value is -0.610. The minimum absolute atomic E-state index is 0.150. The highest BCUT2D eigenvalue weighted by Gasteiger charge is 2.28. The van der Waals surface area contributed by atoms with E-state index in [1.807, 2.05) is 0 Å². The van der Waals surface area contributed by atoms with Gasteiger partial charge in [-0.15, -0.1) is 0 Å². The molecular formula is C14H28N2O2. The summed E-state index contributed by atoms with van der Waals surface area (Å²) in [5, 5.41) is 12.8. The molecule has 3 unspecified atom stereocenters. The van der Waals surface area contributed by atoms with Gasteiger partial charge in [-0.3, -0.25) is 4.79 Å². The predicted octanol–water partition coefficient (Wildman–Crippen LogP) is 1.81. The van der Waals surface area contributed by atoms with Gasteiger partial charge in [-0.25, -0.2) is 0 Å². The molecule has 4 nitrogen and oxygen atoms in total. The highest BCUT2D eigenvalue weighted by atomic mass is 16.4. The zero-order chi connectivity index (χ0) is 13.7. The number of hydrogen-bond donors (Lipinski definition) is 2. The molecule has 18 heavy (non-hydrogen) atoms. The molecule has 0 aromatic rings. The quantitative estimate of drug-likeness (QED) is 0.761. The fraction of sp³-hybridized carbons (Fsp3) is 0.929. The summed E-state index contributed by atoms with van der Waals surface area (Å²) in [6.45, 7) is 5.45. The smallest absolute Gasteiger partial charge is 0.306 e. The summed E-state index contributed by atoms with van der Waals surface area (Å²) in [4.78, 5) is 13.3. The lowest BCUT2D eigenvalue weighted by Crippen LogP contribution is -2.48. The number of aliphatic carboxylic acids is 1. The van der Waals surface area contributed by atoms with Crippen molar-refractivity contribution in [2.75, 3.05) is 20.6 Å². The number of nitrogens with one attached hydrogen (secondary N) is 1. The molecule has 0 spiro atoms. The first-order valence-corrected chi connectivity index (χ1v) is 7.03. The Kier molecular flexibility index (Phi) is 6.09. The molecule has 1 fully saturated rings. The number of rotatable bonds is 6. The van der Waals surface area contributed by atoms with E-state index in [0.29, 0.717) is 18.0 Å². The minimum atomic E-state index is -0.629. The maximum atomic E-state index is 11.1. The number of nitrogens with zero attached hydrogens (tertiary/aromatic N) is 1. The number of hydrogen-bond acceptors (Lipinski definition) is 3. The Morgan fingerprint density at radius 3 is 2.56 bits per heavy atom. The average Bonchev–Trinajstić information content (AvgIpc) is 2.27. The van der Waals surface area contributed by atoms with Crippen LogP contribution in [0.3, 0.4) is 0 Å². The molecule has 0 saturated heterocycles. The number of carbonyl (C=O) groups is 1. The number of likely N-dealkylation sites (N-methyl/N-ethyl adjacent to an activating group) is 1. The van der Waals surface area contributed by atoms with Crippen molar-refractivity contribution in [3.05, 3.63) is 0 Å². The van der Waals surface area contributed by atoms with Crippen LogP contribution < -0.4 is 5.32 Å². The van der Waals surface area contributed by atoms with Gasteiger partial charge in [0.15, 0.2) is 0 Å². The monoisotopic (exact) mass is 256 g/mol. The maximum Gasteiger partial charge on any atom is 0.306 e. The van der Waals surface area contributed by atoms with Gasteiger partial charge in [0, 0.05) is 18.6 Å². The lowest BCUT2D eigenvalue weighted by atomic mass is 9.85. The van der Waals surface area contributed by atoms with Crippen LogP contribution in [0.2, 0.25) is 0 Å². The molecular weight excluding hydrogens is 228 g/mol. The van der Waals surface area contributed by atoms with Crippen LogP contribution in [0.5, 0.6) is 0 Å². The summed E-state index contributed by atoms with van der Waals surface area (Å²) in [5.74, 6) is -0.212. The van der Waals surface area contributed by atoms with Gasteiger partial charge in [0.05, 0.1) is 5.92 Å². The molecule has 0 radical (unpaired) electrons. The van der Waals surface area contributed by atoms with Gasteiger partial charge >= 0.3 is 5.97 Å². The summed E-state index contributed by atoms with van der Waals surface area (Å²) in [6, 6.07) is 0.810. The summed E-state index contributed by atoms with van der Waals surface area (Å²) in [6.07, 6.45) is 3.77. The highest BCUT2D eigenvalue weighted by Crippen LogP contribution is 2.25. The molecule has 2 N–H and O–H groups in total. The SMILES string of the molecule is CC(C)C(CN(C)C)NC1CCCC(C(=O)O)C1. The topological polar surface area (TPSA) is 52.6 Å². The molecule has 0 heterocycles. The Labute approximate surface area is 111 Å². The molecule has 106 valence electrons. The van der Waals surface area contributed by atoms with E-state index in [2.05, 4.69) is 38.2 Å². The third-order valence-electron chi connectivity index (χ3n) is 3.84. The Balaban J connectivity index is 2.50. The van der Waals surface area contributed by atoms with Crippen molar-refractivity contribution in [1.82, 2.24) is 10.2 Å². The predicted molar refractivity (Wildman–Crippen MR) is 73.7 cm³/mol. The Morgan fingerprint density at radius 1 is 1.39 bits per heavy atom. The molecule has 1 rings (SSSR count). The first-order chi connectivity index (χ1) is 8.40. The number of carboxylic acids is 1. The molecule has 0 aliphatic heterocycles. The third-order valence-corrected chi connectivity index (χ3v) is 3.84. The average molecular weight is 256 g/mol. The van der Waals surface area contributed by atoms with Crippen LogP contribution in [-0.2, 0) is 4.79 Å². The maximum absolute atomic E-state index is 11.1. The van der Waals surface area contributed by atoms with E-state index in [-0.39, 0.29) is 5.92 Å². The molecule has 0 amide bonds. The standard InChI is InChI=1S/C14H28N2O2/c1-10(2)13(9-16(3)4)15-12-7-5-6-11(8-12)14(17)18/h10-13,15H,5-9H2,1-4H3,(H,17,18). The fourth-order valence-corrected chi connectivity index (χ4v) is 2.72. The van der Waals surface area contributed by atoms with Gasteiger partial charge in [0.25, 0.3) is 0 Å². The van der Waals surface area contributed by atoms with Crippen LogP contribution in [-0.4, -0.2) is 48.7 Å². The van der Waals surface area contributed by atoms with E-state index in [4.69, 9.17) is 5.11 Å². The molecule has 0 bridgehead atoms. The van der Waals surface area contributed by atoms with E-state index >= 15 is 0 Å². The van der Waals surface area contributed by atoms with Crippen LogP contribution in [0.25, 0.3) is 0 Å². The largest absolute Gasteiger partial charge is 0.481 e. The van der Waals surface area contributed by atoms with Crippen LogP contribution in [0, 0.1) is 11.8 Å². The minimum Gasteiger partial charge on any atom is -0.481 e. The van der Waals surface area contributed by atoms with Gasteiger partial charge in [-0.2, -0.15) is 0 Å². The van der Waals surface area contributed by atoms with Crippen molar-refractivity contribution < 1.29 is 9.90 Å². The zero-order valence-electron chi connectivity index (χ0n) is 12.1. The van der Waals surface area contributed by atoms with Gasteiger partial charge < -0.3 is 15.3 Å². The summed E-state index contributed by atoms with van der Waals surface area (Å²) < 4.78 is 0.